The summed E-state index contributed by atoms with van der Waals surface area (Å²) in [6.45, 7) is 0. The molecule has 0 radical (unpaired) electrons. The number of hydrogen-bond donors (Lipinski definition) is 0. The van der Waals surface area contributed by atoms with Gasteiger partial charge in [-0.15, -0.1) is 0 Å². The normalized spacial score (nSPS) is 14.2. The Morgan fingerprint density at radius 2 is 0.750 bits per heavy atom. The largest absolute Gasteiger partial charge is 0.357 e. The van der Waals surface area contributed by atoms with E-state index >= 15 is 8.22 Å². The molecular formula is C36H28F2Si2. The Balaban J connectivity index is 1.50. The van der Waals surface area contributed by atoms with Crippen LogP contribution >= 0.6 is 0 Å². The van der Waals surface area contributed by atoms with Gasteiger partial charge in [0.25, 0.3) is 0 Å². The Hall–Kier alpha value is -4.31. The van der Waals surface area contributed by atoms with E-state index in [0.717, 1.165) is 32.7 Å². The molecule has 194 valence electrons. The van der Waals surface area contributed by atoms with Crippen LogP contribution in [0.25, 0.3) is 21.5 Å². The predicted molar refractivity (Wildman–Crippen MR) is 169 cm³/mol. The number of fused-ring (bicyclic) bond motifs is 2. The van der Waals surface area contributed by atoms with Gasteiger partial charge in [-0.05, 0) is 43.0 Å². The summed E-state index contributed by atoms with van der Waals surface area (Å²) >= 11 is 0. The number of rotatable bonds is 6. The topological polar surface area (TPSA) is 0 Å². The number of benzene rings is 6. The molecule has 0 bridgehead atoms. The van der Waals surface area contributed by atoms with Crippen LogP contribution in [-0.2, 0) is 12.1 Å². The molecule has 0 fully saturated rings. The van der Waals surface area contributed by atoms with Crippen LogP contribution in [0.5, 0.6) is 0 Å². The van der Waals surface area contributed by atoms with Crippen LogP contribution in [0, 0.1) is 11.1 Å². The Morgan fingerprint density at radius 3 is 1.15 bits per heavy atom. The minimum atomic E-state index is -3.96. The molecule has 0 amide bonds. The van der Waals surface area contributed by atoms with Gasteiger partial charge < -0.3 is 0 Å². The van der Waals surface area contributed by atoms with E-state index in [9.17, 15) is 0 Å². The van der Waals surface area contributed by atoms with E-state index < -0.39 is 16.8 Å². The van der Waals surface area contributed by atoms with E-state index in [1.54, 1.807) is 0 Å². The zero-order valence-corrected chi connectivity index (χ0v) is 24.0. The maximum Gasteiger partial charge on any atom is 0.357 e. The van der Waals surface area contributed by atoms with Crippen LogP contribution in [0.3, 0.4) is 0 Å². The van der Waals surface area contributed by atoms with Gasteiger partial charge in [-0.2, -0.15) is 0 Å². The molecule has 6 rings (SSSR count). The van der Waals surface area contributed by atoms with Crippen LogP contribution in [0.4, 0.5) is 8.22 Å². The summed E-state index contributed by atoms with van der Waals surface area (Å²) in [5.41, 5.74) is 7.83. The SMILES string of the molecule is F[Si](C#C[Si](F)(Cc1ccccc1)c1ccc2ccccc2c1)(Cc1ccccc1)c1ccc2ccccc2c1. The van der Waals surface area contributed by atoms with E-state index in [-0.39, 0.29) is 12.1 Å². The fraction of sp³-hybridized carbons (Fsp3) is 0.0556. The fourth-order valence-electron chi connectivity index (χ4n) is 5.26. The smallest absolute Gasteiger partial charge is 0.291 e. The Bertz CT molecular complexity index is 1710. The second kappa shape index (κ2) is 11.1. The van der Waals surface area contributed by atoms with Gasteiger partial charge in [0, 0.05) is 12.1 Å². The maximum absolute atomic E-state index is 17.4. The molecule has 4 heteroatoms. The van der Waals surface area contributed by atoms with Crippen molar-refractivity contribution in [2.75, 3.05) is 0 Å². The average molecular weight is 555 g/mol. The third-order valence-corrected chi connectivity index (χ3v) is 13.0. The zero-order chi connectivity index (χ0) is 27.4. The molecule has 0 aliphatic heterocycles. The van der Waals surface area contributed by atoms with Crippen LogP contribution in [0.1, 0.15) is 11.1 Å². The molecule has 0 heterocycles. The minimum Gasteiger partial charge on any atom is -0.291 e. The molecule has 40 heavy (non-hydrogen) atoms. The Morgan fingerprint density at radius 1 is 0.400 bits per heavy atom. The van der Waals surface area contributed by atoms with E-state index in [1.807, 2.05) is 146 Å². The first-order chi connectivity index (χ1) is 19.5. The summed E-state index contributed by atoms with van der Waals surface area (Å²) in [4.78, 5) is 0. The van der Waals surface area contributed by atoms with Crippen molar-refractivity contribution in [1.82, 2.24) is 0 Å². The molecule has 6 aromatic rings. The first kappa shape index (κ1) is 25.9. The highest BCUT2D eigenvalue weighted by Gasteiger charge is 2.40. The molecule has 0 saturated carbocycles. The molecular weight excluding hydrogens is 527 g/mol. The molecule has 0 spiro atoms. The lowest BCUT2D eigenvalue weighted by Crippen LogP contribution is -2.49. The minimum absolute atomic E-state index is 0.173. The van der Waals surface area contributed by atoms with Gasteiger partial charge in [-0.3, -0.25) is 8.22 Å². The fourth-order valence-corrected chi connectivity index (χ4v) is 10.8. The predicted octanol–water partition coefficient (Wildman–Crippen LogP) is 7.58. The first-order valence-electron chi connectivity index (χ1n) is 13.5. The van der Waals surface area contributed by atoms with Crippen molar-refractivity contribution in [1.29, 1.82) is 0 Å². The van der Waals surface area contributed by atoms with Crippen molar-refractivity contribution in [3.05, 3.63) is 157 Å². The van der Waals surface area contributed by atoms with Crippen molar-refractivity contribution in [3.8, 4) is 11.1 Å². The third kappa shape index (κ3) is 5.53. The molecule has 0 N–H and O–H groups in total. The van der Waals surface area contributed by atoms with Gasteiger partial charge >= 0.3 is 16.8 Å². The molecule has 6 aromatic carbocycles. The van der Waals surface area contributed by atoms with E-state index in [4.69, 9.17) is 0 Å². The van der Waals surface area contributed by atoms with Crippen molar-refractivity contribution >= 4 is 48.7 Å². The lowest BCUT2D eigenvalue weighted by atomic mass is 10.1. The quantitative estimate of drug-likeness (QED) is 0.113. The van der Waals surface area contributed by atoms with Crippen molar-refractivity contribution in [2.45, 2.75) is 12.1 Å². The highest BCUT2D eigenvalue weighted by molar-refractivity contribution is 6.97. The van der Waals surface area contributed by atoms with Gasteiger partial charge in [-0.1, -0.05) is 157 Å². The highest BCUT2D eigenvalue weighted by Crippen LogP contribution is 2.21. The van der Waals surface area contributed by atoms with Gasteiger partial charge in [0.05, 0.1) is 0 Å². The molecule has 0 aliphatic rings. The summed E-state index contributed by atoms with van der Waals surface area (Å²) in [6, 6.07) is 46.8. The molecule has 0 nitrogen and oxygen atoms in total. The Labute approximate surface area is 236 Å². The van der Waals surface area contributed by atoms with Crippen LogP contribution < -0.4 is 10.4 Å². The van der Waals surface area contributed by atoms with Crippen molar-refractivity contribution < 1.29 is 8.22 Å². The zero-order valence-electron chi connectivity index (χ0n) is 22.0. The van der Waals surface area contributed by atoms with Gasteiger partial charge in [0.1, 0.15) is 0 Å². The molecule has 0 aliphatic carbocycles. The van der Waals surface area contributed by atoms with Gasteiger partial charge in [-0.25, -0.2) is 0 Å². The molecule has 0 aromatic heterocycles. The van der Waals surface area contributed by atoms with Gasteiger partial charge in [0.15, 0.2) is 0 Å². The first-order valence-corrected chi connectivity index (χ1v) is 17.7. The summed E-state index contributed by atoms with van der Waals surface area (Å²) in [7, 11) is -7.93. The average Bonchev–Trinajstić information content (AvgIpc) is 3.00. The van der Waals surface area contributed by atoms with E-state index in [2.05, 4.69) is 11.1 Å². The lowest BCUT2D eigenvalue weighted by molar-refractivity contribution is 0.808. The molecule has 2 atom stereocenters. The Kier molecular flexibility index (Phi) is 7.17. The summed E-state index contributed by atoms with van der Waals surface area (Å²) in [5, 5.41) is 5.18. The van der Waals surface area contributed by atoms with Crippen molar-refractivity contribution in [3.63, 3.8) is 0 Å². The second-order valence-electron chi connectivity index (χ2n) is 10.3. The standard InChI is InChI=1S/C36H28F2Si2/c37-39(27-29-11-3-1-4-12-29,35-21-19-31-15-7-9-17-33(31)25-35)23-24-40(38,28-30-13-5-2-6-14-30)36-22-20-32-16-8-10-18-34(32)26-36/h1-22,25-26H,27-28H2. The summed E-state index contributed by atoms with van der Waals surface area (Å²) < 4.78 is 34.8. The van der Waals surface area contributed by atoms with Crippen LogP contribution in [-0.4, -0.2) is 16.8 Å². The summed E-state index contributed by atoms with van der Waals surface area (Å²) in [6.07, 6.45) is 0. The number of halogens is 2. The second-order valence-corrected chi connectivity index (χ2v) is 15.9. The monoisotopic (exact) mass is 554 g/mol. The van der Waals surface area contributed by atoms with E-state index in [0.29, 0.717) is 10.4 Å². The highest BCUT2D eigenvalue weighted by atomic mass is 28.4. The molecule has 0 saturated heterocycles. The van der Waals surface area contributed by atoms with Gasteiger partial charge in [0.2, 0.25) is 0 Å². The van der Waals surface area contributed by atoms with Crippen LogP contribution in [0.15, 0.2) is 146 Å². The third-order valence-electron chi connectivity index (χ3n) is 7.45. The van der Waals surface area contributed by atoms with E-state index in [1.165, 1.54) is 0 Å². The lowest BCUT2D eigenvalue weighted by Gasteiger charge is -2.21. The summed E-state index contributed by atoms with van der Waals surface area (Å²) in [5.74, 6) is 0. The maximum atomic E-state index is 17.4. The molecule has 2 unspecified atom stereocenters. The van der Waals surface area contributed by atoms with Crippen molar-refractivity contribution in [2.24, 2.45) is 0 Å². The number of hydrogen-bond acceptors (Lipinski definition) is 0. The van der Waals surface area contributed by atoms with Crippen LogP contribution in [0.2, 0.25) is 0 Å².